The fourth-order valence-corrected chi connectivity index (χ4v) is 4.84. The molecule has 34 heavy (non-hydrogen) atoms. The summed E-state index contributed by atoms with van der Waals surface area (Å²) in [6.45, 7) is 2.45. The van der Waals surface area contributed by atoms with Crippen LogP contribution >= 0.6 is 0 Å². The molecule has 0 aliphatic carbocycles. The predicted octanol–water partition coefficient (Wildman–Crippen LogP) is 4.77. The number of para-hydroxylation sites is 1. The molecule has 0 saturated carbocycles. The van der Waals surface area contributed by atoms with Gasteiger partial charge in [-0.05, 0) is 42.7 Å². The highest BCUT2D eigenvalue weighted by Crippen LogP contribution is 2.48. The van der Waals surface area contributed by atoms with Gasteiger partial charge in [-0.15, -0.1) is 0 Å². The minimum atomic E-state index is -4.89. The summed E-state index contributed by atoms with van der Waals surface area (Å²) < 4.78 is 43.8. The number of carbonyl (C=O) groups excluding carboxylic acids is 1. The third kappa shape index (κ3) is 3.86. The molecular formula is C24H24F3N5O2. The van der Waals surface area contributed by atoms with E-state index in [4.69, 9.17) is 4.52 Å². The second-order valence-corrected chi connectivity index (χ2v) is 8.59. The second-order valence-electron chi connectivity index (χ2n) is 8.59. The molecule has 1 fully saturated rings. The zero-order valence-electron chi connectivity index (χ0n) is 18.8. The topological polar surface area (TPSA) is 74.5 Å². The van der Waals surface area contributed by atoms with Crippen molar-refractivity contribution in [2.24, 2.45) is 0 Å². The predicted molar refractivity (Wildman–Crippen MR) is 121 cm³/mol. The lowest BCUT2D eigenvalue weighted by atomic mass is 9.90. The van der Waals surface area contributed by atoms with Crippen LogP contribution in [0.5, 0.6) is 0 Å². The molecule has 1 aromatic heterocycles. The standard InChI is InChI=1S/C24H24F3N5O2/c1-3-21-29-22(30-34-21)14-8-9-18-20(12-14)31(2)17-7-5-4-6-16(17)19-13-15(10-11-32(18)19)28-23(33)24(25,26)27/h4-9,12,15,19H,3,10-11,13H2,1-2H3,(H,28,33)/t15-,19-/m0/s1. The number of piperidine rings is 1. The Morgan fingerprint density at radius 2 is 1.97 bits per heavy atom. The number of rotatable bonds is 3. The molecule has 2 aromatic carbocycles. The van der Waals surface area contributed by atoms with Gasteiger partial charge < -0.3 is 19.6 Å². The highest BCUT2D eigenvalue weighted by Gasteiger charge is 2.42. The number of carbonyl (C=O) groups is 1. The molecule has 2 aliphatic heterocycles. The van der Waals surface area contributed by atoms with E-state index < -0.39 is 18.1 Å². The maximum absolute atomic E-state index is 12.8. The van der Waals surface area contributed by atoms with E-state index in [1.54, 1.807) is 0 Å². The van der Waals surface area contributed by atoms with Crippen molar-refractivity contribution in [2.45, 2.75) is 44.4 Å². The summed E-state index contributed by atoms with van der Waals surface area (Å²) in [5.41, 5.74) is 4.68. The summed E-state index contributed by atoms with van der Waals surface area (Å²) in [6.07, 6.45) is -3.46. The molecule has 0 radical (unpaired) electrons. The molecular weight excluding hydrogens is 447 g/mol. The quantitative estimate of drug-likeness (QED) is 0.593. The summed E-state index contributed by atoms with van der Waals surface area (Å²) in [4.78, 5) is 20.3. The van der Waals surface area contributed by atoms with Crippen molar-refractivity contribution in [3.05, 3.63) is 53.9 Å². The Kier molecular flexibility index (Phi) is 5.45. The zero-order valence-corrected chi connectivity index (χ0v) is 18.8. The van der Waals surface area contributed by atoms with Gasteiger partial charge in [0.1, 0.15) is 0 Å². The number of hydrogen-bond acceptors (Lipinski definition) is 6. The molecule has 0 unspecified atom stereocenters. The van der Waals surface area contributed by atoms with Crippen molar-refractivity contribution in [1.82, 2.24) is 15.5 Å². The molecule has 3 aromatic rings. The minimum Gasteiger partial charge on any atom is -0.363 e. The zero-order chi connectivity index (χ0) is 24.0. The van der Waals surface area contributed by atoms with E-state index in [1.807, 2.05) is 56.4 Å². The van der Waals surface area contributed by atoms with Crippen LogP contribution in [-0.4, -0.2) is 41.9 Å². The first-order valence-electron chi connectivity index (χ1n) is 11.2. The molecule has 1 saturated heterocycles. The molecule has 10 heteroatoms. The number of anilines is 3. The van der Waals surface area contributed by atoms with Crippen molar-refractivity contribution < 1.29 is 22.5 Å². The van der Waals surface area contributed by atoms with Gasteiger partial charge in [0.25, 0.3) is 0 Å². The second kappa shape index (κ2) is 8.34. The van der Waals surface area contributed by atoms with E-state index >= 15 is 0 Å². The van der Waals surface area contributed by atoms with E-state index in [9.17, 15) is 18.0 Å². The van der Waals surface area contributed by atoms with Gasteiger partial charge in [-0.2, -0.15) is 18.2 Å². The van der Waals surface area contributed by atoms with Crippen LogP contribution in [0.2, 0.25) is 0 Å². The molecule has 5 rings (SSSR count). The molecule has 1 amide bonds. The lowest BCUT2D eigenvalue weighted by molar-refractivity contribution is -0.174. The summed E-state index contributed by atoms with van der Waals surface area (Å²) >= 11 is 0. The van der Waals surface area contributed by atoms with Crippen LogP contribution < -0.4 is 15.1 Å². The molecule has 2 aliphatic rings. The van der Waals surface area contributed by atoms with Crippen LogP contribution in [0, 0.1) is 0 Å². The molecule has 0 bridgehead atoms. The SMILES string of the molecule is CCc1nc(-c2ccc3c(c2)N(C)c2ccccc2[C@@H]2C[C@@H](NC(=O)C(F)(F)F)CCN32)no1. The monoisotopic (exact) mass is 471 g/mol. The first kappa shape index (κ1) is 22.2. The van der Waals surface area contributed by atoms with Gasteiger partial charge >= 0.3 is 12.1 Å². The number of halogens is 3. The van der Waals surface area contributed by atoms with Gasteiger partial charge in [-0.3, -0.25) is 4.79 Å². The van der Waals surface area contributed by atoms with Crippen LogP contribution in [-0.2, 0) is 11.2 Å². The van der Waals surface area contributed by atoms with Crippen LogP contribution in [0.15, 0.2) is 47.0 Å². The molecule has 3 heterocycles. The summed E-state index contributed by atoms with van der Waals surface area (Å²) in [6, 6.07) is 13.0. The van der Waals surface area contributed by atoms with E-state index in [-0.39, 0.29) is 6.04 Å². The lowest BCUT2D eigenvalue weighted by Gasteiger charge is -2.41. The van der Waals surface area contributed by atoms with Gasteiger partial charge in [0.2, 0.25) is 11.7 Å². The Labute approximate surface area is 194 Å². The number of nitrogens with one attached hydrogen (secondary N) is 1. The fourth-order valence-electron chi connectivity index (χ4n) is 4.84. The van der Waals surface area contributed by atoms with Gasteiger partial charge in [0.15, 0.2) is 0 Å². The van der Waals surface area contributed by atoms with Crippen molar-refractivity contribution in [3.8, 4) is 11.4 Å². The third-order valence-electron chi connectivity index (χ3n) is 6.53. The minimum absolute atomic E-state index is 0.185. The number of alkyl halides is 3. The Morgan fingerprint density at radius 3 is 2.71 bits per heavy atom. The van der Waals surface area contributed by atoms with Crippen molar-refractivity contribution in [1.29, 1.82) is 0 Å². The van der Waals surface area contributed by atoms with Crippen LogP contribution in [0.1, 0.15) is 37.3 Å². The number of amides is 1. The average Bonchev–Trinajstić information content (AvgIpc) is 3.29. The van der Waals surface area contributed by atoms with Crippen molar-refractivity contribution >= 4 is 23.0 Å². The largest absolute Gasteiger partial charge is 0.471 e. The molecule has 0 spiro atoms. The van der Waals surface area contributed by atoms with E-state index in [0.29, 0.717) is 37.5 Å². The lowest BCUT2D eigenvalue weighted by Crippen LogP contribution is -2.49. The number of nitrogens with zero attached hydrogens (tertiary/aromatic N) is 4. The van der Waals surface area contributed by atoms with Crippen LogP contribution in [0.25, 0.3) is 11.4 Å². The number of aromatic nitrogens is 2. The van der Waals surface area contributed by atoms with Gasteiger partial charge in [-0.25, -0.2) is 0 Å². The van der Waals surface area contributed by atoms with E-state index in [0.717, 1.165) is 28.2 Å². The smallest absolute Gasteiger partial charge is 0.363 e. The Balaban J connectivity index is 1.54. The normalized spacial score (nSPS) is 19.7. The Bertz CT molecular complexity index is 1230. The number of fused-ring (bicyclic) bond motifs is 5. The highest BCUT2D eigenvalue weighted by atomic mass is 19.4. The number of aryl methyl sites for hydroxylation is 1. The average molecular weight is 471 g/mol. The Morgan fingerprint density at radius 1 is 1.18 bits per heavy atom. The summed E-state index contributed by atoms with van der Waals surface area (Å²) in [5, 5.41) is 6.27. The van der Waals surface area contributed by atoms with Gasteiger partial charge in [0.05, 0.1) is 17.4 Å². The maximum Gasteiger partial charge on any atom is 0.471 e. The van der Waals surface area contributed by atoms with Gasteiger partial charge in [-0.1, -0.05) is 30.3 Å². The molecule has 178 valence electrons. The van der Waals surface area contributed by atoms with E-state index in [1.165, 1.54) is 0 Å². The van der Waals surface area contributed by atoms with Gasteiger partial charge in [0, 0.05) is 37.3 Å². The highest BCUT2D eigenvalue weighted by molar-refractivity contribution is 5.85. The van der Waals surface area contributed by atoms with Crippen molar-refractivity contribution in [3.63, 3.8) is 0 Å². The first-order chi connectivity index (χ1) is 16.3. The third-order valence-corrected chi connectivity index (χ3v) is 6.53. The Hall–Kier alpha value is -3.56. The van der Waals surface area contributed by atoms with Crippen molar-refractivity contribution in [2.75, 3.05) is 23.4 Å². The number of hydrogen-bond donors (Lipinski definition) is 1. The number of benzene rings is 2. The summed E-state index contributed by atoms with van der Waals surface area (Å²) in [7, 11) is 1.97. The molecule has 7 nitrogen and oxygen atoms in total. The maximum atomic E-state index is 12.8. The fraction of sp³-hybridized carbons (Fsp3) is 0.375. The van der Waals surface area contributed by atoms with E-state index in [2.05, 4.69) is 25.3 Å². The first-order valence-corrected chi connectivity index (χ1v) is 11.2. The van der Waals surface area contributed by atoms with Crippen LogP contribution in [0.4, 0.5) is 30.2 Å². The van der Waals surface area contributed by atoms with Crippen LogP contribution in [0.3, 0.4) is 0 Å². The molecule has 2 atom stereocenters. The molecule has 1 N–H and O–H groups in total. The summed E-state index contributed by atoms with van der Waals surface area (Å²) in [5.74, 6) is -0.816.